The van der Waals surface area contributed by atoms with Crippen molar-refractivity contribution in [3.05, 3.63) is 48.2 Å². The van der Waals surface area contributed by atoms with Gasteiger partial charge in [0.1, 0.15) is 5.56 Å². The Hall–Kier alpha value is -2.62. The molecular weight excluding hydrogens is 300 g/mol. The summed E-state index contributed by atoms with van der Waals surface area (Å²) in [6.45, 7) is 7.25. The molecule has 0 unspecified atom stereocenters. The smallest absolute Gasteiger partial charge is 0.346 e. The number of hydrogen-bond donors (Lipinski definition) is 1. The van der Waals surface area contributed by atoms with Gasteiger partial charge in [-0.05, 0) is 30.4 Å². The van der Waals surface area contributed by atoms with Gasteiger partial charge in [-0.3, -0.25) is 0 Å². The number of hydrogen-bond acceptors (Lipinski definition) is 3. The van der Waals surface area contributed by atoms with E-state index in [1.54, 1.807) is 6.20 Å². The van der Waals surface area contributed by atoms with Gasteiger partial charge in [0.2, 0.25) is 5.52 Å². The lowest BCUT2D eigenvalue weighted by atomic mass is 10.0. The Bertz CT molecular complexity index is 887. The Morgan fingerprint density at radius 2 is 1.96 bits per heavy atom. The molecule has 0 atom stereocenters. The van der Waals surface area contributed by atoms with Gasteiger partial charge < -0.3 is 10.1 Å². The molecule has 4 heteroatoms. The highest BCUT2D eigenvalue weighted by Crippen LogP contribution is 2.30. The van der Waals surface area contributed by atoms with Gasteiger partial charge in [-0.1, -0.05) is 38.1 Å². The van der Waals surface area contributed by atoms with Crippen LogP contribution in [0.1, 0.15) is 31.1 Å². The van der Waals surface area contributed by atoms with Crippen LogP contribution in [0.25, 0.3) is 21.7 Å². The van der Waals surface area contributed by atoms with Crippen LogP contribution in [0, 0.1) is 5.92 Å². The van der Waals surface area contributed by atoms with E-state index in [0.29, 0.717) is 18.1 Å². The van der Waals surface area contributed by atoms with Crippen LogP contribution >= 0.6 is 0 Å². The van der Waals surface area contributed by atoms with Gasteiger partial charge >= 0.3 is 5.97 Å². The number of rotatable bonds is 5. The topological polar surface area (TPSA) is 52.5 Å². The SMILES string of the molecule is CCOC(=O)c1c[nH+]c2c(ccc3ccccc32)c1NCC(C)C. The second-order valence-electron chi connectivity index (χ2n) is 6.28. The number of pyridine rings is 1. The quantitative estimate of drug-likeness (QED) is 0.569. The highest BCUT2D eigenvalue weighted by molar-refractivity contribution is 6.11. The minimum absolute atomic E-state index is 0.310. The van der Waals surface area contributed by atoms with E-state index in [1.165, 1.54) is 5.39 Å². The molecule has 24 heavy (non-hydrogen) atoms. The summed E-state index contributed by atoms with van der Waals surface area (Å²) < 4.78 is 5.21. The summed E-state index contributed by atoms with van der Waals surface area (Å²) in [6, 6.07) is 12.4. The number of carbonyl (C=O) groups is 1. The average Bonchev–Trinajstić information content (AvgIpc) is 2.59. The minimum atomic E-state index is -0.310. The van der Waals surface area contributed by atoms with Gasteiger partial charge in [-0.2, -0.15) is 0 Å². The Balaban J connectivity index is 2.22. The second-order valence-corrected chi connectivity index (χ2v) is 6.28. The molecule has 0 aliphatic heterocycles. The lowest BCUT2D eigenvalue weighted by Gasteiger charge is -2.14. The Labute approximate surface area is 141 Å². The van der Waals surface area contributed by atoms with Crippen molar-refractivity contribution in [2.45, 2.75) is 20.8 Å². The van der Waals surface area contributed by atoms with E-state index >= 15 is 0 Å². The van der Waals surface area contributed by atoms with Crippen LogP contribution in [-0.2, 0) is 4.74 Å². The summed E-state index contributed by atoms with van der Waals surface area (Å²) in [6.07, 6.45) is 1.75. The Kier molecular flexibility index (Phi) is 4.65. The van der Waals surface area contributed by atoms with Gasteiger partial charge in [-0.15, -0.1) is 0 Å². The first kappa shape index (κ1) is 16.2. The van der Waals surface area contributed by atoms with Crippen LogP contribution in [0.5, 0.6) is 0 Å². The van der Waals surface area contributed by atoms with Crippen molar-refractivity contribution in [3.8, 4) is 0 Å². The third-order valence-electron chi connectivity index (χ3n) is 4.01. The number of aromatic amines is 1. The standard InChI is InChI=1S/C20H22N2O2/c1-4-24-20(23)17-12-22-18-15-8-6-5-7-14(15)9-10-16(18)19(17)21-11-13(2)3/h5-10,12-13H,4,11H2,1-3H3,(H,21,22)/p+1. The summed E-state index contributed by atoms with van der Waals surface area (Å²) in [7, 11) is 0. The summed E-state index contributed by atoms with van der Waals surface area (Å²) in [4.78, 5) is 15.6. The first-order valence-electron chi connectivity index (χ1n) is 8.39. The molecule has 1 aromatic heterocycles. The van der Waals surface area contributed by atoms with Crippen molar-refractivity contribution in [2.75, 3.05) is 18.5 Å². The van der Waals surface area contributed by atoms with Crippen LogP contribution in [-0.4, -0.2) is 19.1 Å². The third kappa shape index (κ3) is 3.04. The maximum absolute atomic E-state index is 12.3. The highest BCUT2D eigenvalue weighted by atomic mass is 16.5. The van der Waals surface area contributed by atoms with Crippen LogP contribution in [0.4, 0.5) is 5.69 Å². The van der Waals surface area contributed by atoms with Crippen molar-refractivity contribution in [2.24, 2.45) is 5.92 Å². The van der Waals surface area contributed by atoms with Crippen LogP contribution < -0.4 is 10.3 Å². The molecule has 0 aliphatic rings. The molecule has 0 fully saturated rings. The van der Waals surface area contributed by atoms with Crippen molar-refractivity contribution >= 4 is 33.3 Å². The van der Waals surface area contributed by atoms with E-state index in [1.807, 2.05) is 19.1 Å². The molecule has 1 heterocycles. The molecule has 0 saturated carbocycles. The van der Waals surface area contributed by atoms with Crippen LogP contribution in [0.2, 0.25) is 0 Å². The molecule has 0 amide bonds. The molecule has 124 valence electrons. The fourth-order valence-corrected chi connectivity index (χ4v) is 2.86. The number of anilines is 1. The second kappa shape index (κ2) is 6.87. The zero-order valence-corrected chi connectivity index (χ0v) is 14.3. The van der Waals surface area contributed by atoms with Crippen molar-refractivity contribution in [3.63, 3.8) is 0 Å². The van der Waals surface area contributed by atoms with E-state index in [9.17, 15) is 4.79 Å². The van der Waals surface area contributed by atoms with Gasteiger partial charge in [0.05, 0.1) is 23.1 Å². The van der Waals surface area contributed by atoms with Crippen molar-refractivity contribution in [1.29, 1.82) is 0 Å². The highest BCUT2D eigenvalue weighted by Gasteiger charge is 2.21. The van der Waals surface area contributed by atoms with Gasteiger partial charge in [0.25, 0.3) is 0 Å². The van der Waals surface area contributed by atoms with Crippen LogP contribution in [0.3, 0.4) is 0 Å². The van der Waals surface area contributed by atoms with Gasteiger partial charge in [0.15, 0.2) is 6.20 Å². The monoisotopic (exact) mass is 323 g/mol. The Morgan fingerprint density at radius 3 is 2.71 bits per heavy atom. The largest absolute Gasteiger partial charge is 0.462 e. The zero-order chi connectivity index (χ0) is 17.1. The number of esters is 1. The average molecular weight is 323 g/mol. The molecule has 0 radical (unpaired) electrons. The van der Waals surface area contributed by atoms with Crippen molar-refractivity contribution < 1.29 is 14.5 Å². The minimum Gasteiger partial charge on any atom is -0.462 e. The first-order valence-corrected chi connectivity index (χ1v) is 8.39. The van der Waals surface area contributed by atoms with Gasteiger partial charge in [-0.25, -0.2) is 9.78 Å². The maximum Gasteiger partial charge on any atom is 0.346 e. The van der Waals surface area contributed by atoms with Crippen molar-refractivity contribution in [1.82, 2.24) is 0 Å². The molecule has 2 N–H and O–H groups in total. The van der Waals surface area contributed by atoms with Gasteiger partial charge in [0, 0.05) is 6.54 Å². The number of benzene rings is 2. The molecule has 0 bridgehead atoms. The fraction of sp³-hybridized carbons (Fsp3) is 0.300. The molecule has 2 aromatic carbocycles. The van der Waals surface area contributed by atoms with Crippen LogP contribution in [0.15, 0.2) is 42.6 Å². The maximum atomic E-state index is 12.3. The lowest BCUT2D eigenvalue weighted by molar-refractivity contribution is -0.343. The summed E-state index contributed by atoms with van der Waals surface area (Å²) >= 11 is 0. The number of H-pyrrole nitrogens is 1. The first-order chi connectivity index (χ1) is 11.6. The summed E-state index contributed by atoms with van der Waals surface area (Å²) in [5.74, 6) is 0.162. The molecule has 3 rings (SSSR count). The summed E-state index contributed by atoms with van der Waals surface area (Å²) in [5.41, 5.74) is 2.40. The fourth-order valence-electron chi connectivity index (χ4n) is 2.86. The molecule has 4 nitrogen and oxygen atoms in total. The van der Waals surface area contributed by atoms with E-state index < -0.39 is 0 Å². The lowest BCUT2D eigenvalue weighted by Crippen LogP contribution is -2.18. The van der Waals surface area contributed by atoms with E-state index in [-0.39, 0.29) is 5.97 Å². The number of fused-ring (bicyclic) bond motifs is 3. The number of carbonyl (C=O) groups excluding carboxylic acids is 1. The number of nitrogens with one attached hydrogen (secondary N) is 2. The van der Waals surface area contributed by atoms with E-state index in [0.717, 1.165) is 28.5 Å². The predicted molar refractivity (Wildman–Crippen MR) is 97.3 cm³/mol. The van der Waals surface area contributed by atoms with E-state index in [4.69, 9.17) is 4.74 Å². The normalized spacial score (nSPS) is 11.2. The zero-order valence-electron chi connectivity index (χ0n) is 14.3. The molecular formula is C20H23N2O2+. The molecule has 0 aliphatic carbocycles. The van der Waals surface area contributed by atoms with E-state index in [2.05, 4.69) is 48.4 Å². The summed E-state index contributed by atoms with van der Waals surface area (Å²) in [5, 5.41) is 6.74. The number of aromatic nitrogens is 1. The number of ether oxygens (including phenoxy) is 1. The third-order valence-corrected chi connectivity index (χ3v) is 4.01. The molecule has 3 aromatic rings. The predicted octanol–water partition coefficient (Wildman–Crippen LogP) is 4.05. The molecule has 0 saturated heterocycles. The Morgan fingerprint density at radius 1 is 1.17 bits per heavy atom. The molecule has 0 spiro atoms.